The summed E-state index contributed by atoms with van der Waals surface area (Å²) in [5, 5.41) is 15.3. The van der Waals surface area contributed by atoms with Crippen LogP contribution in [0.1, 0.15) is 30.1 Å². The minimum Gasteiger partial charge on any atom is -0.334 e. The van der Waals surface area contributed by atoms with Crippen LogP contribution >= 0.6 is 12.4 Å². The molecule has 0 spiro atoms. The lowest BCUT2D eigenvalue weighted by atomic mass is 9.92. The van der Waals surface area contributed by atoms with E-state index in [1.165, 1.54) is 29.5 Å². The van der Waals surface area contributed by atoms with Crippen molar-refractivity contribution in [1.29, 1.82) is 0 Å². The molecule has 0 saturated carbocycles. The van der Waals surface area contributed by atoms with Gasteiger partial charge in [0.25, 0.3) is 11.6 Å². The van der Waals surface area contributed by atoms with Crippen LogP contribution in [0.4, 0.5) is 5.69 Å². The highest BCUT2D eigenvalue weighted by Crippen LogP contribution is 2.27. The van der Waals surface area contributed by atoms with E-state index < -0.39 is 4.92 Å². The number of amides is 1. The Kier molecular flexibility index (Phi) is 6.27. The first-order valence-corrected chi connectivity index (χ1v) is 8.15. The Morgan fingerprint density at radius 1 is 1.46 bits per heavy atom. The van der Waals surface area contributed by atoms with Crippen LogP contribution in [0.15, 0.2) is 30.9 Å². The van der Waals surface area contributed by atoms with Gasteiger partial charge in [0, 0.05) is 30.8 Å². The van der Waals surface area contributed by atoms with Crippen LogP contribution in [0.2, 0.25) is 0 Å². The quantitative estimate of drug-likeness (QED) is 0.637. The molecule has 0 bridgehead atoms. The van der Waals surface area contributed by atoms with Crippen LogP contribution in [0.5, 0.6) is 0 Å². The molecule has 1 aliphatic rings. The number of hydrogen-bond donors (Lipinski definition) is 1. The average molecular weight is 381 g/mol. The number of carbonyl (C=O) groups is 1. The van der Waals surface area contributed by atoms with Crippen molar-refractivity contribution in [3.63, 3.8) is 0 Å². The van der Waals surface area contributed by atoms with Crippen molar-refractivity contribution >= 4 is 24.0 Å². The summed E-state index contributed by atoms with van der Waals surface area (Å²) in [6.45, 7) is 3.14. The van der Waals surface area contributed by atoms with Crippen molar-refractivity contribution in [2.24, 2.45) is 11.7 Å². The number of nitro benzene ring substituents is 1. The SMILES string of the molecule is CC1CCN(C(=O)c2ccc(-n3cncn3)c([N+](=O)[O-])c2)C(CN)C1.Cl. The van der Waals surface area contributed by atoms with E-state index in [2.05, 4.69) is 17.0 Å². The second-order valence-corrected chi connectivity index (χ2v) is 6.32. The molecule has 1 aliphatic heterocycles. The third-order valence-electron chi connectivity index (χ3n) is 4.60. The standard InChI is InChI=1S/C16H20N6O3.ClH/c1-11-4-5-20(13(6-11)8-17)16(23)12-2-3-14(15(7-12)22(24)25)21-10-18-9-19-21;/h2-3,7,9-11,13H,4-6,8,17H2,1H3;1H. The number of hydrogen-bond acceptors (Lipinski definition) is 6. The highest BCUT2D eigenvalue weighted by molar-refractivity contribution is 5.95. The summed E-state index contributed by atoms with van der Waals surface area (Å²) in [6, 6.07) is 4.36. The van der Waals surface area contributed by atoms with Crippen molar-refractivity contribution in [2.75, 3.05) is 13.1 Å². The first-order chi connectivity index (χ1) is 12.0. The fourth-order valence-electron chi connectivity index (χ4n) is 3.24. The second-order valence-electron chi connectivity index (χ2n) is 6.32. The molecule has 140 valence electrons. The number of nitrogens with two attached hydrogens (primary N) is 1. The van der Waals surface area contributed by atoms with E-state index in [4.69, 9.17) is 5.73 Å². The maximum atomic E-state index is 12.9. The number of benzene rings is 1. The van der Waals surface area contributed by atoms with E-state index in [1.807, 2.05) is 0 Å². The van der Waals surface area contributed by atoms with Crippen LogP contribution in [0.3, 0.4) is 0 Å². The van der Waals surface area contributed by atoms with E-state index in [0.717, 1.165) is 12.8 Å². The predicted octanol–water partition coefficient (Wildman–Crippen LogP) is 1.80. The third kappa shape index (κ3) is 3.83. The van der Waals surface area contributed by atoms with E-state index in [0.29, 0.717) is 19.0 Å². The maximum Gasteiger partial charge on any atom is 0.295 e. The van der Waals surface area contributed by atoms with Crippen molar-refractivity contribution in [1.82, 2.24) is 19.7 Å². The fourth-order valence-corrected chi connectivity index (χ4v) is 3.24. The maximum absolute atomic E-state index is 12.9. The molecule has 0 radical (unpaired) electrons. The monoisotopic (exact) mass is 380 g/mol. The number of nitrogens with zero attached hydrogens (tertiary/aromatic N) is 5. The third-order valence-corrected chi connectivity index (χ3v) is 4.60. The number of likely N-dealkylation sites (tertiary alicyclic amines) is 1. The van der Waals surface area contributed by atoms with Crippen LogP contribution in [0, 0.1) is 16.0 Å². The normalized spacial score (nSPS) is 19.7. The van der Waals surface area contributed by atoms with E-state index in [9.17, 15) is 14.9 Å². The molecule has 1 saturated heterocycles. The minimum absolute atomic E-state index is 0. The van der Waals surface area contributed by atoms with Gasteiger partial charge >= 0.3 is 0 Å². The Labute approximate surface area is 156 Å². The largest absolute Gasteiger partial charge is 0.334 e. The van der Waals surface area contributed by atoms with Crippen LogP contribution in [-0.2, 0) is 0 Å². The van der Waals surface area contributed by atoms with Crippen molar-refractivity contribution in [3.8, 4) is 5.69 Å². The molecule has 10 heteroatoms. The molecule has 2 heterocycles. The van der Waals surface area contributed by atoms with Crippen molar-refractivity contribution in [2.45, 2.75) is 25.8 Å². The molecule has 2 atom stereocenters. The van der Waals surface area contributed by atoms with Gasteiger partial charge in [-0.2, -0.15) is 5.10 Å². The van der Waals surface area contributed by atoms with Crippen molar-refractivity contribution in [3.05, 3.63) is 46.5 Å². The molecule has 1 aromatic carbocycles. The number of aromatic nitrogens is 3. The first-order valence-electron chi connectivity index (χ1n) is 8.15. The van der Waals surface area contributed by atoms with Crippen LogP contribution in [0.25, 0.3) is 5.69 Å². The molecule has 3 rings (SSSR count). The van der Waals surface area contributed by atoms with Gasteiger partial charge in [-0.15, -0.1) is 12.4 Å². The van der Waals surface area contributed by atoms with Gasteiger partial charge in [-0.1, -0.05) is 6.92 Å². The van der Waals surface area contributed by atoms with Crippen LogP contribution < -0.4 is 5.73 Å². The first kappa shape index (κ1) is 19.8. The molecule has 1 fully saturated rings. The van der Waals surface area contributed by atoms with Gasteiger partial charge in [0.05, 0.1) is 4.92 Å². The van der Waals surface area contributed by atoms with E-state index >= 15 is 0 Å². The summed E-state index contributed by atoms with van der Waals surface area (Å²) in [7, 11) is 0. The lowest BCUT2D eigenvalue weighted by Crippen LogP contribution is -2.49. The number of halogens is 1. The highest BCUT2D eigenvalue weighted by Gasteiger charge is 2.30. The molecule has 1 aromatic heterocycles. The summed E-state index contributed by atoms with van der Waals surface area (Å²) in [5.41, 5.74) is 6.18. The summed E-state index contributed by atoms with van der Waals surface area (Å²) in [5.74, 6) is 0.289. The van der Waals surface area contributed by atoms with Crippen LogP contribution in [-0.4, -0.2) is 49.6 Å². The average Bonchev–Trinajstić information content (AvgIpc) is 3.15. The van der Waals surface area contributed by atoms with Gasteiger partial charge in [0.1, 0.15) is 18.3 Å². The smallest absolute Gasteiger partial charge is 0.295 e. The fraction of sp³-hybridized carbons (Fsp3) is 0.438. The summed E-state index contributed by atoms with van der Waals surface area (Å²) in [6.07, 6.45) is 4.42. The Bertz CT molecular complexity index is 782. The molecular formula is C16H21ClN6O3. The Hall–Kier alpha value is -2.52. The molecule has 2 N–H and O–H groups in total. The zero-order valence-electron chi connectivity index (χ0n) is 14.3. The van der Waals surface area contributed by atoms with E-state index in [1.54, 1.807) is 11.0 Å². The number of piperidine rings is 1. The molecular weight excluding hydrogens is 360 g/mol. The summed E-state index contributed by atoms with van der Waals surface area (Å²) < 4.78 is 1.30. The summed E-state index contributed by atoms with van der Waals surface area (Å²) in [4.78, 5) is 29.3. The number of rotatable bonds is 4. The van der Waals surface area contributed by atoms with Gasteiger partial charge in [0.15, 0.2) is 0 Å². The molecule has 0 aliphatic carbocycles. The van der Waals surface area contributed by atoms with Gasteiger partial charge in [-0.25, -0.2) is 9.67 Å². The Balaban J connectivity index is 0.00000243. The minimum atomic E-state index is -0.521. The number of nitro groups is 1. The predicted molar refractivity (Wildman–Crippen MR) is 97.5 cm³/mol. The lowest BCUT2D eigenvalue weighted by molar-refractivity contribution is -0.384. The van der Waals surface area contributed by atoms with Gasteiger partial charge in [0.2, 0.25) is 0 Å². The zero-order valence-corrected chi connectivity index (χ0v) is 15.1. The van der Waals surface area contributed by atoms with Gasteiger partial charge in [-0.05, 0) is 30.9 Å². The van der Waals surface area contributed by atoms with Gasteiger partial charge < -0.3 is 10.6 Å². The Morgan fingerprint density at radius 3 is 2.85 bits per heavy atom. The molecule has 2 aromatic rings. The summed E-state index contributed by atoms with van der Waals surface area (Å²) >= 11 is 0. The van der Waals surface area contributed by atoms with Gasteiger partial charge in [-0.3, -0.25) is 14.9 Å². The lowest BCUT2D eigenvalue weighted by Gasteiger charge is -2.38. The van der Waals surface area contributed by atoms with E-state index in [-0.39, 0.29) is 41.3 Å². The molecule has 9 nitrogen and oxygen atoms in total. The molecule has 2 unspecified atom stereocenters. The zero-order chi connectivity index (χ0) is 18.0. The molecule has 26 heavy (non-hydrogen) atoms. The second kappa shape index (κ2) is 8.24. The Morgan fingerprint density at radius 2 is 2.23 bits per heavy atom. The topological polar surface area (TPSA) is 120 Å². The highest BCUT2D eigenvalue weighted by atomic mass is 35.5. The molecule has 1 amide bonds. The number of carbonyl (C=O) groups excluding carboxylic acids is 1. The van der Waals surface area contributed by atoms with Crippen molar-refractivity contribution < 1.29 is 9.72 Å².